The molecule has 0 aromatic rings. The predicted octanol–water partition coefficient (Wildman–Crippen LogP) is 0.417. The van der Waals surface area contributed by atoms with Gasteiger partial charge in [0.1, 0.15) is 6.29 Å². The first-order valence-electron chi connectivity index (χ1n) is 9.03. The van der Waals surface area contributed by atoms with Gasteiger partial charge in [-0.25, -0.2) is 0 Å². The number of aldehydes is 1. The van der Waals surface area contributed by atoms with Crippen molar-refractivity contribution in [1.82, 2.24) is 10.6 Å². The van der Waals surface area contributed by atoms with E-state index < -0.39 is 10.1 Å². The van der Waals surface area contributed by atoms with Gasteiger partial charge in [0.25, 0.3) is 10.1 Å². The topological polar surface area (TPSA) is 148 Å². The second-order valence-corrected chi connectivity index (χ2v) is 7.41. The highest BCUT2D eigenvalue weighted by molar-refractivity contribution is 7.85. The summed E-state index contributed by atoms with van der Waals surface area (Å²) < 4.78 is 36.1. The minimum absolute atomic E-state index is 0.0295. The molecule has 0 bridgehead atoms. The molecule has 2 amide bonds. The first kappa shape index (κ1) is 31.1. The summed E-state index contributed by atoms with van der Waals surface area (Å²) in [6.07, 6.45) is 5.07. The van der Waals surface area contributed by atoms with Gasteiger partial charge in [-0.15, -0.1) is 0 Å². The number of carbonyl (C=O) groups is 3. The predicted molar refractivity (Wildman–Crippen MR) is 107 cm³/mol. The second-order valence-electron chi connectivity index (χ2n) is 5.94. The van der Waals surface area contributed by atoms with Gasteiger partial charge in [-0.3, -0.25) is 14.1 Å². The Kier molecular flexibility index (Phi) is 26.1. The van der Waals surface area contributed by atoms with E-state index in [1.165, 1.54) is 12.8 Å². The molecule has 11 heteroatoms. The molecule has 0 saturated carbocycles. The Bertz CT molecular complexity index is 462. The zero-order valence-electron chi connectivity index (χ0n) is 17.3. The molecule has 0 saturated heterocycles. The molecular formula is C17H36N2O8S. The van der Waals surface area contributed by atoms with Crippen molar-refractivity contribution in [3.63, 3.8) is 0 Å². The Labute approximate surface area is 168 Å². The Morgan fingerprint density at radius 3 is 2.04 bits per heavy atom. The number of ether oxygens (including phenoxy) is 2. The van der Waals surface area contributed by atoms with Crippen LogP contribution in [0, 0.1) is 5.92 Å². The van der Waals surface area contributed by atoms with Crippen LogP contribution < -0.4 is 10.6 Å². The van der Waals surface area contributed by atoms with E-state index in [4.69, 9.17) is 14.0 Å². The molecule has 0 aliphatic heterocycles. The summed E-state index contributed by atoms with van der Waals surface area (Å²) in [7, 11) is -3.67. The van der Waals surface area contributed by atoms with Gasteiger partial charge in [-0.05, 0) is 5.92 Å². The summed E-state index contributed by atoms with van der Waals surface area (Å²) in [5.41, 5.74) is 0. The normalized spacial score (nSPS) is 10.1. The SMILES string of the molecule is CCCC(C)C.CS(=O)(=O)O.O=CCCOCCOCCNC(=O)CNC=O. The summed E-state index contributed by atoms with van der Waals surface area (Å²) in [6, 6.07) is 0. The third-order valence-electron chi connectivity index (χ3n) is 2.53. The zero-order chi connectivity index (χ0) is 22.3. The Hall–Kier alpha value is -1.56. The van der Waals surface area contributed by atoms with Crippen LogP contribution in [0.3, 0.4) is 0 Å². The Morgan fingerprint density at radius 2 is 1.64 bits per heavy atom. The van der Waals surface area contributed by atoms with E-state index in [0.717, 1.165) is 12.2 Å². The first-order chi connectivity index (χ1) is 13.1. The van der Waals surface area contributed by atoms with E-state index in [2.05, 4.69) is 31.4 Å². The highest BCUT2D eigenvalue weighted by Gasteiger charge is 1.98. The summed E-state index contributed by atoms with van der Waals surface area (Å²) in [6.45, 7) is 8.71. The molecule has 0 aromatic carbocycles. The molecule has 0 unspecified atom stereocenters. The van der Waals surface area contributed by atoms with Crippen molar-refractivity contribution in [3.05, 3.63) is 0 Å². The molecule has 0 atom stereocenters. The van der Waals surface area contributed by atoms with E-state index in [1.807, 2.05) is 0 Å². The van der Waals surface area contributed by atoms with Crippen LogP contribution in [0.2, 0.25) is 0 Å². The van der Waals surface area contributed by atoms with Gasteiger partial charge in [-0.1, -0.05) is 33.6 Å². The fourth-order valence-electron chi connectivity index (χ4n) is 1.49. The molecule has 0 heterocycles. The maximum atomic E-state index is 11.0. The first-order valence-corrected chi connectivity index (χ1v) is 10.9. The monoisotopic (exact) mass is 428 g/mol. The standard InChI is InChI=1S/C10H18N2O5.C6H14.CH4O3S/c13-3-1-4-16-6-7-17-5-2-12-10(15)8-11-9-14;1-4-5-6(2)3;1-5(2,3)4/h3,9H,1-2,4-8H2,(H,11,14)(H,12,15);6H,4-5H2,1-3H3;1H3,(H,2,3,4). The minimum atomic E-state index is -3.67. The van der Waals surface area contributed by atoms with E-state index in [9.17, 15) is 22.8 Å². The van der Waals surface area contributed by atoms with Gasteiger partial charge >= 0.3 is 0 Å². The largest absolute Gasteiger partial charge is 0.379 e. The molecule has 0 rings (SSSR count). The summed E-state index contributed by atoms with van der Waals surface area (Å²) in [5.74, 6) is 0.637. The Balaban J connectivity index is -0.000000464. The molecule has 168 valence electrons. The van der Waals surface area contributed by atoms with Crippen molar-refractivity contribution in [2.24, 2.45) is 5.92 Å². The molecule has 0 radical (unpaired) electrons. The molecule has 0 fully saturated rings. The number of rotatable bonds is 14. The van der Waals surface area contributed by atoms with Gasteiger partial charge in [-0.2, -0.15) is 8.42 Å². The van der Waals surface area contributed by atoms with Crippen molar-refractivity contribution in [3.8, 4) is 0 Å². The fraction of sp³-hybridized carbons (Fsp3) is 0.824. The van der Waals surface area contributed by atoms with E-state index in [0.29, 0.717) is 52.1 Å². The number of amides is 2. The quantitative estimate of drug-likeness (QED) is 0.205. The average Bonchev–Trinajstić information content (AvgIpc) is 2.57. The lowest BCUT2D eigenvalue weighted by molar-refractivity contribution is -0.122. The van der Waals surface area contributed by atoms with Crippen LogP contribution in [0.25, 0.3) is 0 Å². The number of nitrogens with one attached hydrogen (secondary N) is 2. The van der Waals surface area contributed by atoms with Crippen molar-refractivity contribution >= 4 is 28.7 Å². The second kappa shape index (κ2) is 23.5. The molecule has 0 aromatic heterocycles. The summed E-state index contributed by atoms with van der Waals surface area (Å²) in [4.78, 5) is 30.8. The van der Waals surface area contributed by atoms with Crippen LogP contribution in [-0.2, 0) is 34.0 Å². The van der Waals surface area contributed by atoms with Crippen LogP contribution in [0.1, 0.15) is 40.0 Å². The third-order valence-corrected chi connectivity index (χ3v) is 2.53. The lowest BCUT2D eigenvalue weighted by Crippen LogP contribution is -2.35. The van der Waals surface area contributed by atoms with E-state index in [1.54, 1.807) is 0 Å². The van der Waals surface area contributed by atoms with Crippen LogP contribution in [0.4, 0.5) is 0 Å². The minimum Gasteiger partial charge on any atom is -0.379 e. The van der Waals surface area contributed by atoms with Crippen molar-refractivity contribution in [2.45, 2.75) is 40.0 Å². The molecule has 3 N–H and O–H groups in total. The maximum absolute atomic E-state index is 11.0. The van der Waals surface area contributed by atoms with Crippen LogP contribution in [-0.4, -0.2) is 77.3 Å². The average molecular weight is 429 g/mol. The highest BCUT2D eigenvalue weighted by atomic mass is 32.2. The van der Waals surface area contributed by atoms with Gasteiger partial charge < -0.3 is 24.9 Å². The smallest absolute Gasteiger partial charge is 0.261 e. The molecule has 10 nitrogen and oxygen atoms in total. The van der Waals surface area contributed by atoms with E-state index in [-0.39, 0.29) is 12.5 Å². The third kappa shape index (κ3) is 49.7. The van der Waals surface area contributed by atoms with Gasteiger partial charge in [0.2, 0.25) is 12.3 Å². The summed E-state index contributed by atoms with van der Waals surface area (Å²) in [5, 5.41) is 4.80. The highest BCUT2D eigenvalue weighted by Crippen LogP contribution is 2.00. The van der Waals surface area contributed by atoms with Gasteiger partial charge in [0, 0.05) is 13.0 Å². The van der Waals surface area contributed by atoms with Crippen molar-refractivity contribution < 1.29 is 36.8 Å². The van der Waals surface area contributed by atoms with Gasteiger partial charge in [0.05, 0.1) is 39.2 Å². The van der Waals surface area contributed by atoms with Crippen LogP contribution in [0.15, 0.2) is 0 Å². The number of carbonyl (C=O) groups excluding carboxylic acids is 3. The lowest BCUT2D eigenvalue weighted by atomic mass is 10.1. The van der Waals surface area contributed by atoms with Crippen LogP contribution >= 0.6 is 0 Å². The molecule has 0 aliphatic rings. The van der Waals surface area contributed by atoms with E-state index >= 15 is 0 Å². The van der Waals surface area contributed by atoms with Gasteiger partial charge in [0.15, 0.2) is 0 Å². The fourth-order valence-corrected chi connectivity index (χ4v) is 1.49. The Morgan fingerprint density at radius 1 is 1.11 bits per heavy atom. The lowest BCUT2D eigenvalue weighted by Gasteiger charge is -2.06. The zero-order valence-corrected chi connectivity index (χ0v) is 18.1. The van der Waals surface area contributed by atoms with Crippen molar-refractivity contribution in [1.29, 1.82) is 0 Å². The van der Waals surface area contributed by atoms with Crippen LogP contribution in [0.5, 0.6) is 0 Å². The maximum Gasteiger partial charge on any atom is 0.261 e. The number of hydrogen-bond donors (Lipinski definition) is 3. The molecule has 0 spiro atoms. The van der Waals surface area contributed by atoms with Crippen molar-refractivity contribution in [2.75, 3.05) is 45.8 Å². The molecular weight excluding hydrogens is 392 g/mol. The summed E-state index contributed by atoms with van der Waals surface area (Å²) >= 11 is 0. The molecule has 0 aliphatic carbocycles. The molecule has 28 heavy (non-hydrogen) atoms. The number of hydrogen-bond acceptors (Lipinski definition) is 7.